The number of ketones is 1. The smallest absolute Gasteiger partial charge is 0.155 e. The van der Waals surface area contributed by atoms with Gasteiger partial charge in [-0.2, -0.15) is 0 Å². The van der Waals surface area contributed by atoms with Gasteiger partial charge in [-0.15, -0.1) is 0 Å². The van der Waals surface area contributed by atoms with Gasteiger partial charge in [-0.1, -0.05) is 65.4 Å². The number of rotatable bonds is 11. The van der Waals surface area contributed by atoms with E-state index < -0.39 is 0 Å². The van der Waals surface area contributed by atoms with Crippen LogP contribution in [-0.2, 0) is 4.79 Å². The topological polar surface area (TPSA) is 17.1 Å². The minimum Gasteiger partial charge on any atom is -0.295 e. The van der Waals surface area contributed by atoms with Crippen LogP contribution in [0.4, 0.5) is 0 Å². The first-order valence-electron chi connectivity index (χ1n) is 6.82. The molecule has 94 valence electrons. The summed E-state index contributed by atoms with van der Waals surface area (Å²) in [6.45, 7) is 8.05. The maximum absolute atomic E-state index is 10.9. The Balaban J connectivity index is 3.04. The van der Waals surface area contributed by atoms with E-state index in [0.29, 0.717) is 6.42 Å². The third-order valence-electron chi connectivity index (χ3n) is 2.93. The zero-order valence-electron chi connectivity index (χ0n) is 11.1. The second-order valence-corrected chi connectivity index (χ2v) is 5.08. The van der Waals surface area contributed by atoms with Gasteiger partial charge in [-0.05, 0) is 18.4 Å². The molecule has 0 heterocycles. The van der Waals surface area contributed by atoms with Crippen LogP contribution < -0.4 is 0 Å². The van der Waals surface area contributed by atoms with Crippen molar-refractivity contribution in [2.45, 2.75) is 71.6 Å². The molecule has 0 spiro atoms. The van der Waals surface area contributed by atoms with Crippen molar-refractivity contribution in [2.75, 3.05) is 0 Å². The van der Waals surface area contributed by atoms with Gasteiger partial charge < -0.3 is 0 Å². The summed E-state index contributed by atoms with van der Waals surface area (Å²) in [5.74, 6) is 1.04. The van der Waals surface area contributed by atoms with Crippen LogP contribution in [0.1, 0.15) is 71.6 Å². The SMILES string of the molecule is C=CC(=O)CCCCCCCCCC(C)C. The fourth-order valence-electron chi connectivity index (χ4n) is 1.84. The van der Waals surface area contributed by atoms with E-state index >= 15 is 0 Å². The first kappa shape index (κ1) is 15.4. The molecule has 16 heavy (non-hydrogen) atoms. The van der Waals surface area contributed by atoms with Crippen molar-refractivity contribution in [3.63, 3.8) is 0 Å². The Morgan fingerprint density at radius 1 is 1.00 bits per heavy atom. The molecule has 0 aliphatic heterocycles. The zero-order valence-corrected chi connectivity index (χ0v) is 11.1. The average molecular weight is 224 g/mol. The van der Waals surface area contributed by atoms with Crippen LogP contribution in [-0.4, -0.2) is 5.78 Å². The van der Waals surface area contributed by atoms with Crippen molar-refractivity contribution in [1.82, 2.24) is 0 Å². The highest BCUT2D eigenvalue weighted by Crippen LogP contribution is 2.12. The summed E-state index contributed by atoms with van der Waals surface area (Å²) in [6.07, 6.45) is 12.5. The minimum absolute atomic E-state index is 0.192. The maximum Gasteiger partial charge on any atom is 0.155 e. The molecular formula is C15H28O. The molecule has 0 aromatic carbocycles. The fraction of sp³-hybridized carbons (Fsp3) is 0.800. The molecule has 0 fully saturated rings. The van der Waals surface area contributed by atoms with Gasteiger partial charge >= 0.3 is 0 Å². The molecule has 0 amide bonds. The molecule has 0 saturated heterocycles. The summed E-state index contributed by atoms with van der Waals surface area (Å²) < 4.78 is 0. The summed E-state index contributed by atoms with van der Waals surface area (Å²) in [5.41, 5.74) is 0. The van der Waals surface area contributed by atoms with E-state index in [-0.39, 0.29) is 5.78 Å². The molecule has 0 aromatic heterocycles. The van der Waals surface area contributed by atoms with Crippen LogP contribution >= 0.6 is 0 Å². The maximum atomic E-state index is 10.9. The lowest BCUT2D eigenvalue weighted by Gasteiger charge is -2.04. The molecule has 0 unspecified atom stereocenters. The van der Waals surface area contributed by atoms with Crippen LogP contribution in [0.5, 0.6) is 0 Å². The van der Waals surface area contributed by atoms with Crippen LogP contribution in [0.15, 0.2) is 12.7 Å². The van der Waals surface area contributed by atoms with Gasteiger partial charge in [0.25, 0.3) is 0 Å². The number of allylic oxidation sites excluding steroid dienone is 1. The highest BCUT2D eigenvalue weighted by Gasteiger charge is 1.97. The Hall–Kier alpha value is -0.590. The van der Waals surface area contributed by atoms with Crippen LogP contribution in [0.2, 0.25) is 0 Å². The van der Waals surface area contributed by atoms with E-state index in [1.807, 2.05) is 0 Å². The molecule has 0 aromatic rings. The largest absolute Gasteiger partial charge is 0.295 e. The second kappa shape index (κ2) is 10.9. The number of hydrogen-bond acceptors (Lipinski definition) is 1. The Bertz CT molecular complexity index is 182. The summed E-state index contributed by atoms with van der Waals surface area (Å²) in [4.78, 5) is 10.9. The van der Waals surface area contributed by atoms with Gasteiger partial charge in [0.15, 0.2) is 5.78 Å². The molecular weight excluding hydrogens is 196 g/mol. The van der Waals surface area contributed by atoms with Crippen LogP contribution in [0.3, 0.4) is 0 Å². The summed E-state index contributed by atoms with van der Waals surface area (Å²) in [6, 6.07) is 0. The third-order valence-corrected chi connectivity index (χ3v) is 2.93. The number of unbranched alkanes of at least 4 members (excludes halogenated alkanes) is 6. The fourth-order valence-corrected chi connectivity index (χ4v) is 1.84. The van der Waals surface area contributed by atoms with E-state index in [1.54, 1.807) is 0 Å². The van der Waals surface area contributed by atoms with Crippen LogP contribution in [0.25, 0.3) is 0 Å². The summed E-state index contributed by atoms with van der Waals surface area (Å²) >= 11 is 0. The molecule has 0 N–H and O–H groups in total. The van der Waals surface area contributed by atoms with E-state index in [9.17, 15) is 4.79 Å². The predicted molar refractivity (Wildman–Crippen MR) is 71.6 cm³/mol. The van der Waals surface area contributed by atoms with Crippen molar-refractivity contribution in [3.05, 3.63) is 12.7 Å². The van der Waals surface area contributed by atoms with Gasteiger partial charge in [-0.3, -0.25) is 4.79 Å². The van der Waals surface area contributed by atoms with Gasteiger partial charge in [0.2, 0.25) is 0 Å². The highest BCUT2D eigenvalue weighted by molar-refractivity contribution is 5.88. The number of carbonyl (C=O) groups is 1. The van der Waals surface area contributed by atoms with Crippen molar-refractivity contribution >= 4 is 5.78 Å². The summed E-state index contributed by atoms with van der Waals surface area (Å²) in [5, 5.41) is 0. The molecule has 0 saturated carbocycles. The molecule has 0 aliphatic carbocycles. The predicted octanol–water partition coefficient (Wildman–Crippen LogP) is 4.91. The summed E-state index contributed by atoms with van der Waals surface area (Å²) in [7, 11) is 0. The first-order valence-corrected chi connectivity index (χ1v) is 6.82. The van der Waals surface area contributed by atoms with E-state index in [1.165, 1.54) is 51.0 Å². The van der Waals surface area contributed by atoms with Gasteiger partial charge in [0, 0.05) is 6.42 Å². The average Bonchev–Trinajstić information content (AvgIpc) is 2.26. The molecule has 1 heteroatoms. The Labute approximate surface area is 101 Å². The third kappa shape index (κ3) is 11.5. The van der Waals surface area contributed by atoms with E-state index in [2.05, 4.69) is 20.4 Å². The van der Waals surface area contributed by atoms with E-state index in [4.69, 9.17) is 0 Å². The zero-order chi connectivity index (χ0) is 12.2. The van der Waals surface area contributed by atoms with Crippen LogP contribution in [0, 0.1) is 5.92 Å². The minimum atomic E-state index is 0.192. The lowest BCUT2D eigenvalue weighted by atomic mass is 10.0. The van der Waals surface area contributed by atoms with Gasteiger partial charge in [0.1, 0.15) is 0 Å². The molecule has 0 bridgehead atoms. The Kier molecular flexibility index (Phi) is 10.5. The van der Waals surface area contributed by atoms with Crippen molar-refractivity contribution in [3.8, 4) is 0 Å². The monoisotopic (exact) mass is 224 g/mol. The Morgan fingerprint density at radius 2 is 1.50 bits per heavy atom. The van der Waals surface area contributed by atoms with Crippen molar-refractivity contribution in [2.24, 2.45) is 5.92 Å². The number of carbonyl (C=O) groups excluding carboxylic acids is 1. The molecule has 0 radical (unpaired) electrons. The van der Waals surface area contributed by atoms with E-state index in [0.717, 1.165) is 12.3 Å². The quantitative estimate of drug-likeness (QED) is 0.360. The standard InChI is InChI=1S/C15H28O/c1-4-15(16)13-11-9-7-5-6-8-10-12-14(2)3/h4,14H,1,5-13H2,2-3H3. The highest BCUT2D eigenvalue weighted by atomic mass is 16.1. The van der Waals surface area contributed by atoms with Gasteiger partial charge in [0.05, 0.1) is 0 Å². The van der Waals surface area contributed by atoms with Crippen molar-refractivity contribution < 1.29 is 4.79 Å². The molecule has 0 rings (SSSR count). The van der Waals surface area contributed by atoms with Gasteiger partial charge in [-0.25, -0.2) is 0 Å². The second-order valence-electron chi connectivity index (χ2n) is 5.08. The first-order chi connectivity index (χ1) is 7.66. The molecule has 1 nitrogen and oxygen atoms in total. The number of hydrogen-bond donors (Lipinski definition) is 0. The Morgan fingerprint density at radius 3 is 2.00 bits per heavy atom. The molecule has 0 atom stereocenters. The molecule has 0 aliphatic rings. The lowest BCUT2D eigenvalue weighted by Crippen LogP contribution is -1.91. The lowest BCUT2D eigenvalue weighted by molar-refractivity contribution is -0.114. The van der Waals surface area contributed by atoms with Crippen molar-refractivity contribution in [1.29, 1.82) is 0 Å². The normalized spacial score (nSPS) is 10.7.